The largest absolute Gasteiger partial charge is 0.369 e. The monoisotopic (exact) mass is 368 g/mol. The van der Waals surface area contributed by atoms with Crippen LogP contribution in [0.1, 0.15) is 35.0 Å². The first-order chi connectivity index (χ1) is 12.9. The van der Waals surface area contributed by atoms with E-state index < -0.39 is 0 Å². The topological polar surface area (TPSA) is 93.2 Å². The molecule has 1 N–H and O–H groups in total. The van der Waals surface area contributed by atoms with E-state index in [4.69, 9.17) is 0 Å². The maximum Gasteiger partial charge on any atom is 0.254 e. The zero-order valence-corrected chi connectivity index (χ0v) is 16.3. The molecule has 1 aliphatic rings. The van der Waals surface area contributed by atoms with E-state index in [1.54, 1.807) is 4.52 Å². The van der Waals surface area contributed by atoms with E-state index in [0.29, 0.717) is 18.7 Å². The minimum atomic E-state index is 0.00757. The van der Waals surface area contributed by atoms with Crippen molar-refractivity contribution in [1.82, 2.24) is 34.3 Å². The highest BCUT2D eigenvalue weighted by molar-refractivity contribution is 5.79. The molecule has 142 valence electrons. The highest BCUT2D eigenvalue weighted by Gasteiger charge is 2.40. The second-order valence-corrected chi connectivity index (χ2v) is 7.25. The molecule has 4 heterocycles. The predicted octanol–water partition coefficient (Wildman–Crippen LogP) is 1.41. The number of nitrogens with zero attached hydrogens (tertiary/aromatic N) is 7. The summed E-state index contributed by atoms with van der Waals surface area (Å²) in [5.74, 6) is 1.74. The second kappa shape index (κ2) is 6.33. The number of nitrogens with one attached hydrogen (secondary N) is 1. The molecule has 0 aliphatic carbocycles. The number of carbonyl (C=O) groups excluding carboxylic acids is 1. The van der Waals surface area contributed by atoms with E-state index in [9.17, 15) is 4.79 Å². The fourth-order valence-electron chi connectivity index (χ4n) is 3.87. The molecule has 1 saturated heterocycles. The van der Waals surface area contributed by atoms with Crippen LogP contribution in [-0.4, -0.2) is 53.8 Å². The summed E-state index contributed by atoms with van der Waals surface area (Å²) >= 11 is 0. The Kier molecular flexibility index (Phi) is 4.09. The van der Waals surface area contributed by atoms with Gasteiger partial charge < -0.3 is 10.2 Å². The fourth-order valence-corrected chi connectivity index (χ4v) is 3.87. The molecule has 0 unspecified atom stereocenters. The predicted molar refractivity (Wildman–Crippen MR) is 100 cm³/mol. The van der Waals surface area contributed by atoms with Crippen molar-refractivity contribution in [3.63, 3.8) is 0 Å². The number of hydrogen-bond acceptors (Lipinski definition) is 6. The molecule has 4 rings (SSSR count). The third-order valence-electron chi connectivity index (χ3n) is 5.72. The Labute approximate surface area is 157 Å². The molecule has 3 aromatic rings. The van der Waals surface area contributed by atoms with Crippen LogP contribution < -0.4 is 5.32 Å². The zero-order valence-electron chi connectivity index (χ0n) is 16.3. The van der Waals surface area contributed by atoms with Crippen LogP contribution in [0.3, 0.4) is 0 Å². The van der Waals surface area contributed by atoms with Gasteiger partial charge >= 0.3 is 0 Å². The molecular formula is C18H24N8O. The average molecular weight is 368 g/mol. The van der Waals surface area contributed by atoms with Crippen LogP contribution in [0.25, 0.3) is 5.78 Å². The van der Waals surface area contributed by atoms with E-state index in [1.165, 1.54) is 6.33 Å². The quantitative estimate of drug-likeness (QED) is 0.748. The van der Waals surface area contributed by atoms with Gasteiger partial charge in [0.1, 0.15) is 12.1 Å². The van der Waals surface area contributed by atoms with E-state index in [2.05, 4.69) is 25.5 Å². The molecule has 3 aromatic heterocycles. The van der Waals surface area contributed by atoms with Gasteiger partial charge in [-0.25, -0.2) is 4.98 Å². The Bertz CT molecular complexity index is 1020. The molecule has 1 amide bonds. The lowest BCUT2D eigenvalue weighted by molar-refractivity contribution is -0.127. The molecule has 27 heavy (non-hydrogen) atoms. The lowest BCUT2D eigenvalue weighted by Crippen LogP contribution is -2.27. The maximum atomic E-state index is 12.4. The molecular weight excluding hydrogens is 344 g/mol. The number of aryl methyl sites for hydroxylation is 2. The number of likely N-dealkylation sites (tertiary alicyclic amines) is 1. The minimum Gasteiger partial charge on any atom is -0.369 e. The molecule has 9 nitrogen and oxygen atoms in total. The molecule has 0 aromatic carbocycles. The van der Waals surface area contributed by atoms with E-state index in [0.717, 1.165) is 28.3 Å². The summed E-state index contributed by atoms with van der Waals surface area (Å²) in [5, 5.41) is 12.1. The van der Waals surface area contributed by atoms with Crippen molar-refractivity contribution in [2.75, 3.05) is 18.9 Å². The van der Waals surface area contributed by atoms with Gasteiger partial charge in [0.25, 0.3) is 5.78 Å². The summed E-state index contributed by atoms with van der Waals surface area (Å²) in [7, 11) is 3.80. The van der Waals surface area contributed by atoms with E-state index in [-0.39, 0.29) is 17.9 Å². The number of aromatic nitrogens is 6. The number of carbonyl (C=O) groups is 1. The second-order valence-electron chi connectivity index (χ2n) is 7.25. The summed E-state index contributed by atoms with van der Waals surface area (Å²) in [6.45, 7) is 6.66. The van der Waals surface area contributed by atoms with Crippen LogP contribution in [0, 0.1) is 26.7 Å². The van der Waals surface area contributed by atoms with Crippen LogP contribution in [-0.2, 0) is 11.8 Å². The van der Waals surface area contributed by atoms with Crippen LogP contribution in [0.15, 0.2) is 12.5 Å². The van der Waals surface area contributed by atoms with E-state index >= 15 is 0 Å². The van der Waals surface area contributed by atoms with Crippen molar-refractivity contribution in [3.05, 3.63) is 35.0 Å². The molecule has 0 spiro atoms. The third kappa shape index (κ3) is 2.73. The van der Waals surface area contributed by atoms with Gasteiger partial charge in [-0.2, -0.15) is 19.7 Å². The van der Waals surface area contributed by atoms with Crippen LogP contribution in [0.5, 0.6) is 0 Å². The Morgan fingerprint density at radius 1 is 1.22 bits per heavy atom. The molecule has 2 atom stereocenters. The third-order valence-corrected chi connectivity index (χ3v) is 5.72. The zero-order chi connectivity index (χ0) is 19.3. The van der Waals surface area contributed by atoms with Crippen molar-refractivity contribution >= 4 is 17.5 Å². The average Bonchev–Trinajstić information content (AvgIpc) is 3.29. The number of anilines is 1. The Morgan fingerprint density at radius 3 is 2.70 bits per heavy atom. The number of hydrogen-bond donors (Lipinski definition) is 1. The molecule has 1 fully saturated rings. The maximum absolute atomic E-state index is 12.4. The van der Waals surface area contributed by atoms with Crippen molar-refractivity contribution in [2.45, 2.75) is 33.2 Å². The Morgan fingerprint density at radius 2 is 2.00 bits per heavy atom. The van der Waals surface area contributed by atoms with Gasteiger partial charge in [0.05, 0.1) is 12.2 Å². The first kappa shape index (κ1) is 17.4. The van der Waals surface area contributed by atoms with Crippen LogP contribution >= 0.6 is 0 Å². The summed E-state index contributed by atoms with van der Waals surface area (Å²) in [6.07, 6.45) is 3.88. The SMILES string of the molecule is Cc1nc2ncnn2c(NC[C@@H]2CC(=O)N(C)[C@H]2c2cnn(C)c2C)c1C. The summed E-state index contributed by atoms with van der Waals surface area (Å²) in [6, 6.07) is 0.00757. The van der Waals surface area contributed by atoms with Crippen LogP contribution in [0.2, 0.25) is 0 Å². The lowest BCUT2D eigenvalue weighted by Gasteiger charge is -2.25. The highest BCUT2D eigenvalue weighted by Crippen LogP contribution is 2.38. The van der Waals surface area contributed by atoms with Crippen molar-refractivity contribution in [3.8, 4) is 0 Å². The smallest absolute Gasteiger partial charge is 0.254 e. The number of rotatable bonds is 4. The molecule has 0 radical (unpaired) electrons. The Hall–Kier alpha value is -2.97. The molecule has 0 bridgehead atoms. The summed E-state index contributed by atoms with van der Waals surface area (Å²) in [4.78, 5) is 22.9. The van der Waals surface area contributed by atoms with Gasteiger partial charge in [0.2, 0.25) is 5.91 Å². The number of amides is 1. The summed E-state index contributed by atoms with van der Waals surface area (Å²) < 4.78 is 3.57. The normalized spacial score (nSPS) is 20.0. The molecule has 0 saturated carbocycles. The minimum absolute atomic E-state index is 0.00757. The van der Waals surface area contributed by atoms with Gasteiger partial charge in [-0.1, -0.05) is 0 Å². The van der Waals surface area contributed by atoms with Crippen molar-refractivity contribution in [1.29, 1.82) is 0 Å². The van der Waals surface area contributed by atoms with E-state index in [1.807, 2.05) is 50.6 Å². The first-order valence-electron chi connectivity index (χ1n) is 9.03. The Balaban J connectivity index is 1.64. The van der Waals surface area contributed by atoms with Gasteiger partial charge in [-0.3, -0.25) is 9.48 Å². The summed E-state index contributed by atoms with van der Waals surface area (Å²) in [5.41, 5.74) is 4.13. The highest BCUT2D eigenvalue weighted by atomic mass is 16.2. The first-order valence-corrected chi connectivity index (χ1v) is 9.03. The van der Waals surface area contributed by atoms with Crippen LogP contribution in [0.4, 0.5) is 5.82 Å². The van der Waals surface area contributed by atoms with Crippen molar-refractivity contribution < 1.29 is 4.79 Å². The van der Waals surface area contributed by atoms with Gasteiger partial charge in [-0.15, -0.1) is 0 Å². The molecule has 9 heteroatoms. The fraction of sp³-hybridized carbons (Fsp3) is 0.500. The van der Waals surface area contributed by atoms with Gasteiger partial charge in [0, 0.05) is 55.5 Å². The van der Waals surface area contributed by atoms with Gasteiger partial charge in [-0.05, 0) is 20.8 Å². The number of fused-ring (bicyclic) bond motifs is 1. The van der Waals surface area contributed by atoms with Gasteiger partial charge in [0.15, 0.2) is 0 Å². The standard InChI is InChI=1S/C18H24N8O/c1-10-11(2)23-18-20-9-22-26(18)17(10)19-7-13-6-15(27)24(4)16(13)14-8-21-25(5)12(14)3/h8-9,13,16,19H,6-7H2,1-5H3/t13-,16+/m0/s1. The lowest BCUT2D eigenvalue weighted by atomic mass is 9.94. The van der Waals surface area contributed by atoms with Crippen molar-refractivity contribution in [2.24, 2.45) is 13.0 Å². The molecule has 1 aliphatic heterocycles.